The first kappa shape index (κ1) is 13.7. The normalized spacial score (nSPS) is 36.0. The van der Waals surface area contributed by atoms with Crippen molar-refractivity contribution in [1.29, 1.82) is 0 Å². The molecule has 0 aromatic carbocycles. The van der Waals surface area contributed by atoms with Crippen molar-refractivity contribution >= 4 is 11.8 Å². The molecule has 0 amide bonds. The molecule has 0 aromatic rings. The third kappa shape index (κ3) is 2.65. The van der Waals surface area contributed by atoms with Crippen LogP contribution in [-0.2, 0) is 0 Å². The first-order valence-corrected chi connectivity index (χ1v) is 7.90. The van der Waals surface area contributed by atoms with E-state index in [1.165, 1.54) is 37.4 Å². The second-order valence-corrected chi connectivity index (χ2v) is 7.35. The minimum atomic E-state index is 0.279. The monoisotopic (exact) mass is 257 g/mol. The smallest absolute Gasteiger partial charge is 0.0423 e. The number of thioether (sulfide) groups is 1. The van der Waals surface area contributed by atoms with E-state index in [0.29, 0.717) is 0 Å². The van der Waals surface area contributed by atoms with Crippen molar-refractivity contribution in [2.45, 2.75) is 37.8 Å². The molecule has 2 aliphatic rings. The Bertz CT molecular complexity index is 261. The van der Waals surface area contributed by atoms with Gasteiger partial charge in [0.15, 0.2) is 0 Å². The molecular weight excluding hydrogens is 230 g/mol. The summed E-state index contributed by atoms with van der Waals surface area (Å²) in [5.41, 5.74) is 6.68. The summed E-state index contributed by atoms with van der Waals surface area (Å²) in [6.07, 6.45) is 2.62. The fourth-order valence-electron chi connectivity index (χ4n) is 3.02. The predicted molar refractivity (Wildman–Crippen MR) is 76.6 cm³/mol. The van der Waals surface area contributed by atoms with Gasteiger partial charge in [0.1, 0.15) is 0 Å². The number of hydrogen-bond donors (Lipinski definition) is 1. The van der Waals surface area contributed by atoms with Crippen molar-refractivity contribution in [1.82, 2.24) is 9.80 Å². The van der Waals surface area contributed by atoms with Gasteiger partial charge in [-0.2, -0.15) is 11.8 Å². The summed E-state index contributed by atoms with van der Waals surface area (Å²) in [5, 5.41) is 0. The Morgan fingerprint density at radius 1 is 1.29 bits per heavy atom. The van der Waals surface area contributed by atoms with Gasteiger partial charge in [-0.05, 0) is 39.5 Å². The summed E-state index contributed by atoms with van der Waals surface area (Å²) in [5.74, 6) is 2.54. The lowest BCUT2D eigenvalue weighted by Crippen LogP contribution is -2.67. The van der Waals surface area contributed by atoms with Crippen LogP contribution >= 0.6 is 11.8 Å². The molecule has 3 nitrogen and oxygen atoms in total. The maximum atomic E-state index is 6.12. The van der Waals surface area contributed by atoms with E-state index in [0.717, 1.165) is 13.1 Å². The minimum absolute atomic E-state index is 0.279. The number of piperazine rings is 1. The summed E-state index contributed by atoms with van der Waals surface area (Å²) in [6, 6.07) is 0. The van der Waals surface area contributed by atoms with Gasteiger partial charge < -0.3 is 5.73 Å². The standard InChI is InChI=1S/C13H27N3S/c1-12(2)10-16(7-6-15(12)3)13(9-14)5-4-8-17-11-13/h4-11,14H2,1-3H3. The first-order valence-electron chi connectivity index (χ1n) is 6.74. The molecule has 0 saturated carbocycles. The SMILES string of the molecule is CN1CCN(C2(CN)CCCSC2)CC1(C)C. The lowest BCUT2D eigenvalue weighted by molar-refractivity contribution is -0.0175. The van der Waals surface area contributed by atoms with Crippen LogP contribution in [0.4, 0.5) is 0 Å². The lowest BCUT2D eigenvalue weighted by atomic mass is 9.88. The van der Waals surface area contributed by atoms with Gasteiger partial charge in [0.05, 0.1) is 0 Å². The van der Waals surface area contributed by atoms with Crippen LogP contribution in [0.15, 0.2) is 0 Å². The Kier molecular flexibility index (Phi) is 4.08. The zero-order valence-corrected chi connectivity index (χ0v) is 12.4. The third-order valence-corrected chi connectivity index (χ3v) is 5.99. The average Bonchev–Trinajstić information content (AvgIpc) is 2.33. The van der Waals surface area contributed by atoms with Crippen molar-refractivity contribution in [2.24, 2.45) is 5.73 Å². The number of nitrogens with zero attached hydrogens (tertiary/aromatic N) is 2. The molecule has 1 atom stereocenters. The van der Waals surface area contributed by atoms with Crippen molar-refractivity contribution in [3.05, 3.63) is 0 Å². The van der Waals surface area contributed by atoms with E-state index in [4.69, 9.17) is 5.73 Å². The summed E-state index contributed by atoms with van der Waals surface area (Å²) < 4.78 is 0. The van der Waals surface area contributed by atoms with E-state index < -0.39 is 0 Å². The first-order chi connectivity index (χ1) is 8.00. The molecule has 100 valence electrons. The van der Waals surface area contributed by atoms with Gasteiger partial charge in [0, 0.05) is 43.0 Å². The van der Waals surface area contributed by atoms with E-state index in [1.54, 1.807) is 0 Å². The van der Waals surface area contributed by atoms with E-state index in [1.807, 2.05) is 0 Å². The Balaban J connectivity index is 2.10. The van der Waals surface area contributed by atoms with Crippen molar-refractivity contribution in [2.75, 3.05) is 44.7 Å². The highest BCUT2D eigenvalue weighted by Crippen LogP contribution is 2.34. The van der Waals surface area contributed by atoms with Gasteiger partial charge in [-0.1, -0.05) is 0 Å². The molecule has 2 N–H and O–H groups in total. The molecule has 0 spiro atoms. The van der Waals surface area contributed by atoms with Crippen LogP contribution in [0.1, 0.15) is 26.7 Å². The number of hydrogen-bond acceptors (Lipinski definition) is 4. The molecule has 2 fully saturated rings. The van der Waals surface area contributed by atoms with Gasteiger partial charge >= 0.3 is 0 Å². The predicted octanol–water partition coefficient (Wildman–Crippen LogP) is 1.24. The molecule has 0 bridgehead atoms. The largest absolute Gasteiger partial charge is 0.329 e. The molecule has 2 heterocycles. The summed E-state index contributed by atoms with van der Waals surface area (Å²) in [7, 11) is 2.24. The Morgan fingerprint density at radius 3 is 2.59 bits per heavy atom. The van der Waals surface area contributed by atoms with E-state index in [-0.39, 0.29) is 11.1 Å². The molecule has 2 saturated heterocycles. The Hall–Kier alpha value is 0.230. The highest BCUT2D eigenvalue weighted by Gasteiger charge is 2.42. The second kappa shape index (κ2) is 5.08. The van der Waals surface area contributed by atoms with Gasteiger partial charge in [-0.15, -0.1) is 0 Å². The third-order valence-electron chi connectivity index (χ3n) is 4.67. The zero-order chi connectivity index (χ0) is 12.5. The molecule has 0 radical (unpaired) electrons. The van der Waals surface area contributed by atoms with Gasteiger partial charge in [0.2, 0.25) is 0 Å². The molecule has 2 aliphatic heterocycles. The number of nitrogens with two attached hydrogens (primary N) is 1. The highest BCUT2D eigenvalue weighted by atomic mass is 32.2. The van der Waals surface area contributed by atoms with Gasteiger partial charge in [0.25, 0.3) is 0 Å². The maximum Gasteiger partial charge on any atom is 0.0423 e. The second-order valence-electron chi connectivity index (χ2n) is 6.24. The molecule has 17 heavy (non-hydrogen) atoms. The number of likely N-dealkylation sites (N-methyl/N-ethyl adjacent to an activating group) is 1. The average molecular weight is 257 g/mol. The molecule has 0 aromatic heterocycles. The van der Waals surface area contributed by atoms with Crippen LogP contribution in [0, 0.1) is 0 Å². The van der Waals surface area contributed by atoms with Gasteiger partial charge in [-0.25, -0.2) is 0 Å². The van der Waals surface area contributed by atoms with Crippen LogP contribution < -0.4 is 5.73 Å². The maximum absolute atomic E-state index is 6.12. The lowest BCUT2D eigenvalue weighted by Gasteiger charge is -2.54. The topological polar surface area (TPSA) is 32.5 Å². The zero-order valence-electron chi connectivity index (χ0n) is 11.5. The van der Waals surface area contributed by atoms with Crippen LogP contribution in [-0.4, -0.2) is 65.6 Å². The molecule has 0 aliphatic carbocycles. The summed E-state index contributed by atoms with van der Waals surface area (Å²) >= 11 is 2.09. The summed E-state index contributed by atoms with van der Waals surface area (Å²) in [4.78, 5) is 5.16. The number of rotatable bonds is 2. The van der Waals surface area contributed by atoms with Gasteiger partial charge in [-0.3, -0.25) is 9.80 Å². The quantitative estimate of drug-likeness (QED) is 0.807. The Labute approximate surface area is 110 Å². The van der Waals surface area contributed by atoms with E-state index >= 15 is 0 Å². The van der Waals surface area contributed by atoms with Crippen LogP contribution in [0.2, 0.25) is 0 Å². The van der Waals surface area contributed by atoms with Crippen LogP contribution in [0.5, 0.6) is 0 Å². The fourth-order valence-corrected chi connectivity index (χ4v) is 4.34. The molecule has 1 unspecified atom stereocenters. The Morgan fingerprint density at radius 2 is 2.06 bits per heavy atom. The highest BCUT2D eigenvalue weighted by molar-refractivity contribution is 7.99. The van der Waals surface area contributed by atoms with Crippen LogP contribution in [0.3, 0.4) is 0 Å². The minimum Gasteiger partial charge on any atom is -0.329 e. The van der Waals surface area contributed by atoms with E-state index in [9.17, 15) is 0 Å². The van der Waals surface area contributed by atoms with E-state index in [2.05, 4.69) is 42.5 Å². The van der Waals surface area contributed by atoms with Crippen LogP contribution in [0.25, 0.3) is 0 Å². The molecule has 4 heteroatoms. The van der Waals surface area contributed by atoms with Crippen molar-refractivity contribution in [3.63, 3.8) is 0 Å². The summed E-state index contributed by atoms with van der Waals surface area (Å²) in [6.45, 7) is 9.01. The fraction of sp³-hybridized carbons (Fsp3) is 1.00. The van der Waals surface area contributed by atoms with Crippen molar-refractivity contribution in [3.8, 4) is 0 Å². The molecule has 2 rings (SSSR count). The van der Waals surface area contributed by atoms with Crippen molar-refractivity contribution < 1.29 is 0 Å². The molecular formula is C13H27N3S.